The Kier molecular flexibility index (Phi) is 5.56. The van der Waals surface area contributed by atoms with Gasteiger partial charge in [-0.1, -0.05) is 13.8 Å². The lowest BCUT2D eigenvalue weighted by atomic mass is 10.0. The summed E-state index contributed by atoms with van der Waals surface area (Å²) in [7, 11) is 0. The van der Waals surface area contributed by atoms with Gasteiger partial charge < -0.3 is 16.0 Å². The molecule has 1 fully saturated rings. The summed E-state index contributed by atoms with van der Waals surface area (Å²) in [5.74, 6) is 0.969. The van der Waals surface area contributed by atoms with Gasteiger partial charge in [0.05, 0.1) is 5.56 Å². The largest absolute Gasteiger partial charge is 0.365 e. The molecule has 1 saturated heterocycles. The van der Waals surface area contributed by atoms with Gasteiger partial charge in [0, 0.05) is 25.3 Å². The highest BCUT2D eigenvalue weighted by atomic mass is 16.1. The van der Waals surface area contributed by atoms with Gasteiger partial charge in [-0.15, -0.1) is 0 Å². The molecule has 3 N–H and O–H groups in total. The van der Waals surface area contributed by atoms with Crippen LogP contribution in [0.3, 0.4) is 0 Å². The normalized spacial score (nSPS) is 19.0. The smallest absolute Gasteiger partial charge is 0.252 e. The first-order chi connectivity index (χ1) is 10.1. The molecule has 1 atom stereocenters. The number of nitrogens with one attached hydrogen (secondary N) is 1. The van der Waals surface area contributed by atoms with E-state index in [4.69, 9.17) is 5.73 Å². The lowest BCUT2D eigenvalue weighted by Crippen LogP contribution is -2.47. The fraction of sp³-hybridized carbons (Fsp3) is 0.625. The highest BCUT2D eigenvalue weighted by molar-refractivity contribution is 5.97. The Morgan fingerprint density at radius 2 is 2.33 bits per heavy atom. The molecule has 0 saturated carbocycles. The Morgan fingerprint density at radius 1 is 1.52 bits per heavy atom. The molecular formula is C16H26N4O. The quantitative estimate of drug-likeness (QED) is 0.838. The first-order valence-corrected chi connectivity index (χ1v) is 7.81. The van der Waals surface area contributed by atoms with Crippen LogP contribution in [0.25, 0.3) is 0 Å². The third-order valence-corrected chi connectivity index (χ3v) is 3.88. The van der Waals surface area contributed by atoms with Crippen molar-refractivity contribution in [3.8, 4) is 0 Å². The molecule has 0 aliphatic carbocycles. The van der Waals surface area contributed by atoms with Crippen molar-refractivity contribution < 1.29 is 4.79 Å². The van der Waals surface area contributed by atoms with Gasteiger partial charge in [-0.05, 0) is 43.9 Å². The predicted molar refractivity (Wildman–Crippen MR) is 85.4 cm³/mol. The fourth-order valence-corrected chi connectivity index (χ4v) is 2.85. The van der Waals surface area contributed by atoms with Crippen LogP contribution >= 0.6 is 0 Å². The van der Waals surface area contributed by atoms with Crippen LogP contribution < -0.4 is 16.0 Å². The van der Waals surface area contributed by atoms with E-state index in [0.29, 0.717) is 17.5 Å². The Labute approximate surface area is 126 Å². The minimum Gasteiger partial charge on any atom is -0.365 e. The second-order valence-corrected chi connectivity index (χ2v) is 6.13. The Bertz CT molecular complexity index is 475. The molecule has 1 aliphatic rings. The number of rotatable bonds is 6. The van der Waals surface area contributed by atoms with Crippen LogP contribution in [-0.2, 0) is 0 Å². The van der Waals surface area contributed by atoms with E-state index in [0.717, 1.165) is 38.3 Å². The molecule has 0 bridgehead atoms. The van der Waals surface area contributed by atoms with E-state index in [2.05, 4.69) is 29.0 Å². The van der Waals surface area contributed by atoms with Gasteiger partial charge in [0.2, 0.25) is 0 Å². The number of hydrogen-bond donors (Lipinski definition) is 2. The van der Waals surface area contributed by atoms with Crippen molar-refractivity contribution in [2.45, 2.75) is 39.2 Å². The van der Waals surface area contributed by atoms with Gasteiger partial charge in [-0.2, -0.15) is 0 Å². The van der Waals surface area contributed by atoms with E-state index in [1.165, 1.54) is 6.42 Å². The standard InChI is InChI=1S/C16H26N4O/c1-12(2)10-18-11-13-6-3-4-9-20(13)16-14(15(17)21)7-5-8-19-16/h5,7-8,12-13,18H,3-4,6,9-11H2,1-2H3,(H2,17,21). The summed E-state index contributed by atoms with van der Waals surface area (Å²) in [4.78, 5) is 18.3. The number of aromatic nitrogens is 1. The number of amides is 1. The minimum atomic E-state index is -0.405. The lowest BCUT2D eigenvalue weighted by Gasteiger charge is -2.37. The molecule has 1 aromatic rings. The van der Waals surface area contributed by atoms with Crippen molar-refractivity contribution in [1.82, 2.24) is 10.3 Å². The van der Waals surface area contributed by atoms with Gasteiger partial charge in [0.25, 0.3) is 5.91 Å². The van der Waals surface area contributed by atoms with Crippen LogP contribution in [0, 0.1) is 5.92 Å². The highest BCUT2D eigenvalue weighted by Gasteiger charge is 2.26. The SMILES string of the molecule is CC(C)CNCC1CCCCN1c1ncccc1C(N)=O. The van der Waals surface area contributed by atoms with E-state index >= 15 is 0 Å². The summed E-state index contributed by atoms with van der Waals surface area (Å²) in [6, 6.07) is 3.91. The van der Waals surface area contributed by atoms with Crippen molar-refractivity contribution in [2.75, 3.05) is 24.5 Å². The average molecular weight is 290 g/mol. The van der Waals surface area contributed by atoms with Crippen LogP contribution in [0.2, 0.25) is 0 Å². The molecule has 5 nitrogen and oxygen atoms in total. The molecule has 0 radical (unpaired) electrons. The van der Waals surface area contributed by atoms with E-state index in [1.54, 1.807) is 18.3 Å². The van der Waals surface area contributed by atoms with Gasteiger partial charge in [0.15, 0.2) is 0 Å². The summed E-state index contributed by atoms with van der Waals surface area (Å²) in [6.45, 7) is 7.28. The molecule has 1 aliphatic heterocycles. The number of carbonyl (C=O) groups is 1. The number of carbonyl (C=O) groups excluding carboxylic acids is 1. The van der Waals surface area contributed by atoms with E-state index in [1.807, 2.05) is 0 Å². The monoisotopic (exact) mass is 290 g/mol. The molecule has 1 unspecified atom stereocenters. The molecule has 5 heteroatoms. The number of primary amides is 1. The maximum absolute atomic E-state index is 11.6. The number of hydrogen-bond acceptors (Lipinski definition) is 4. The van der Waals surface area contributed by atoms with Crippen molar-refractivity contribution >= 4 is 11.7 Å². The van der Waals surface area contributed by atoms with Crippen molar-refractivity contribution in [1.29, 1.82) is 0 Å². The van der Waals surface area contributed by atoms with Crippen LogP contribution in [-0.4, -0.2) is 36.6 Å². The van der Waals surface area contributed by atoms with Gasteiger partial charge in [-0.3, -0.25) is 4.79 Å². The average Bonchev–Trinajstić information content (AvgIpc) is 2.47. The minimum absolute atomic E-state index is 0.380. The van der Waals surface area contributed by atoms with E-state index < -0.39 is 5.91 Å². The second-order valence-electron chi connectivity index (χ2n) is 6.13. The van der Waals surface area contributed by atoms with Crippen LogP contribution in [0.15, 0.2) is 18.3 Å². The molecule has 2 rings (SSSR count). The fourth-order valence-electron chi connectivity index (χ4n) is 2.85. The molecular weight excluding hydrogens is 264 g/mol. The van der Waals surface area contributed by atoms with Crippen LogP contribution in [0.4, 0.5) is 5.82 Å². The zero-order valence-corrected chi connectivity index (χ0v) is 13.0. The van der Waals surface area contributed by atoms with Crippen molar-refractivity contribution in [3.05, 3.63) is 23.9 Å². The van der Waals surface area contributed by atoms with Gasteiger partial charge in [-0.25, -0.2) is 4.98 Å². The number of nitrogens with two attached hydrogens (primary N) is 1. The van der Waals surface area contributed by atoms with Gasteiger partial charge >= 0.3 is 0 Å². The highest BCUT2D eigenvalue weighted by Crippen LogP contribution is 2.25. The molecule has 21 heavy (non-hydrogen) atoms. The molecule has 1 amide bonds. The number of pyridine rings is 1. The van der Waals surface area contributed by atoms with E-state index in [9.17, 15) is 4.79 Å². The summed E-state index contributed by atoms with van der Waals surface area (Å²) < 4.78 is 0. The Balaban J connectivity index is 2.13. The maximum atomic E-state index is 11.6. The first-order valence-electron chi connectivity index (χ1n) is 7.81. The first kappa shape index (κ1) is 15.8. The predicted octanol–water partition coefficient (Wildman–Crippen LogP) is 1.78. The maximum Gasteiger partial charge on any atom is 0.252 e. The summed E-state index contributed by atoms with van der Waals surface area (Å²) >= 11 is 0. The summed E-state index contributed by atoms with van der Waals surface area (Å²) in [5, 5.41) is 3.52. The zero-order valence-electron chi connectivity index (χ0n) is 13.0. The topological polar surface area (TPSA) is 71.2 Å². The number of anilines is 1. The van der Waals surface area contributed by atoms with Crippen LogP contribution in [0.1, 0.15) is 43.5 Å². The molecule has 1 aromatic heterocycles. The molecule has 0 spiro atoms. The summed E-state index contributed by atoms with van der Waals surface area (Å²) in [6.07, 6.45) is 5.22. The van der Waals surface area contributed by atoms with Gasteiger partial charge in [0.1, 0.15) is 5.82 Å². The van der Waals surface area contributed by atoms with Crippen molar-refractivity contribution in [3.63, 3.8) is 0 Å². The second kappa shape index (κ2) is 7.41. The summed E-state index contributed by atoms with van der Waals surface area (Å²) in [5.41, 5.74) is 6.01. The third-order valence-electron chi connectivity index (χ3n) is 3.88. The Morgan fingerprint density at radius 3 is 3.05 bits per heavy atom. The third kappa shape index (κ3) is 4.17. The zero-order chi connectivity index (χ0) is 15.2. The molecule has 116 valence electrons. The van der Waals surface area contributed by atoms with Crippen LogP contribution in [0.5, 0.6) is 0 Å². The lowest BCUT2D eigenvalue weighted by molar-refractivity contribution is 0.1000. The van der Waals surface area contributed by atoms with Crippen molar-refractivity contribution in [2.24, 2.45) is 11.7 Å². The van der Waals surface area contributed by atoms with E-state index in [-0.39, 0.29) is 0 Å². The Hall–Kier alpha value is -1.62. The molecule has 2 heterocycles. The number of nitrogens with zero attached hydrogens (tertiary/aromatic N) is 2. The number of piperidine rings is 1. The molecule has 0 aromatic carbocycles.